The molecule has 0 atom stereocenters. The van der Waals surface area contributed by atoms with Gasteiger partial charge in [0.2, 0.25) is 5.91 Å². The molecule has 92 valence electrons. The molecule has 1 rings (SSSR count). The first-order valence-electron chi connectivity index (χ1n) is 5.16. The maximum atomic E-state index is 11.4. The Labute approximate surface area is 99.4 Å². The van der Waals surface area contributed by atoms with Crippen LogP contribution in [0.25, 0.3) is 0 Å². The van der Waals surface area contributed by atoms with Gasteiger partial charge in [-0.1, -0.05) is 0 Å². The molecule has 0 aliphatic carbocycles. The molecule has 1 aromatic heterocycles. The lowest BCUT2D eigenvalue weighted by Crippen LogP contribution is -2.21. The second kappa shape index (κ2) is 6.47. The maximum absolute atomic E-state index is 11.4. The molecule has 0 aliphatic heterocycles. The Hall–Kier alpha value is -2.11. The lowest BCUT2D eigenvalue weighted by molar-refractivity contribution is -0.120. The lowest BCUT2D eigenvalue weighted by atomic mass is 10.2. The normalized spacial score (nSPS) is 9.53. The first-order chi connectivity index (χ1) is 8.19. The first-order valence-corrected chi connectivity index (χ1v) is 5.16. The summed E-state index contributed by atoms with van der Waals surface area (Å²) in [5.74, 6) is -0.114. The Morgan fingerprint density at radius 1 is 1.47 bits per heavy atom. The fourth-order valence-electron chi connectivity index (χ4n) is 1.24. The zero-order chi connectivity index (χ0) is 12.7. The van der Waals surface area contributed by atoms with Crippen molar-refractivity contribution in [2.45, 2.75) is 6.42 Å². The molecule has 0 saturated carbocycles. The van der Waals surface area contributed by atoms with Crippen molar-refractivity contribution in [2.75, 3.05) is 26.0 Å². The average molecular weight is 237 g/mol. The minimum atomic E-state index is -0.458. The van der Waals surface area contributed by atoms with Crippen LogP contribution in [0.5, 0.6) is 0 Å². The molecule has 17 heavy (non-hydrogen) atoms. The van der Waals surface area contributed by atoms with Crippen LogP contribution in [-0.4, -0.2) is 37.6 Å². The van der Waals surface area contributed by atoms with Crippen LogP contribution in [-0.2, 0) is 9.53 Å². The van der Waals surface area contributed by atoms with Crippen LogP contribution in [0.15, 0.2) is 18.3 Å². The molecule has 0 saturated heterocycles. The summed E-state index contributed by atoms with van der Waals surface area (Å²) < 4.78 is 4.63. The number of carbonyl (C=O) groups excluding carboxylic acids is 2. The van der Waals surface area contributed by atoms with Crippen molar-refractivity contribution in [3.63, 3.8) is 0 Å². The third-order valence-corrected chi connectivity index (χ3v) is 2.14. The molecule has 6 heteroatoms. The van der Waals surface area contributed by atoms with Gasteiger partial charge in [0.15, 0.2) is 0 Å². The number of hydrogen-bond acceptors (Lipinski definition) is 5. The quantitative estimate of drug-likeness (QED) is 0.725. The van der Waals surface area contributed by atoms with Crippen molar-refractivity contribution in [1.29, 1.82) is 0 Å². The minimum Gasteiger partial charge on any atom is -0.465 e. The third kappa shape index (κ3) is 3.75. The molecule has 1 aromatic rings. The standard InChI is InChI=1S/C11H15N3O3/c1-12-9(15)5-7-14-10-8(11(16)17-2)4-3-6-13-10/h3-4,6H,5,7H2,1-2H3,(H,12,15)(H,13,14). The van der Waals surface area contributed by atoms with E-state index in [9.17, 15) is 9.59 Å². The monoisotopic (exact) mass is 237 g/mol. The number of aromatic nitrogens is 1. The number of amides is 1. The Morgan fingerprint density at radius 2 is 2.24 bits per heavy atom. The van der Waals surface area contributed by atoms with E-state index in [1.54, 1.807) is 25.4 Å². The number of anilines is 1. The summed E-state index contributed by atoms with van der Waals surface area (Å²) in [5.41, 5.74) is 0.354. The van der Waals surface area contributed by atoms with E-state index in [0.29, 0.717) is 24.3 Å². The second-order valence-corrected chi connectivity index (χ2v) is 3.24. The molecule has 0 aromatic carbocycles. The zero-order valence-electron chi connectivity index (χ0n) is 9.82. The number of methoxy groups -OCH3 is 1. The SMILES string of the molecule is CNC(=O)CCNc1ncccc1C(=O)OC. The van der Waals surface area contributed by atoms with Gasteiger partial charge in [-0.2, -0.15) is 0 Å². The molecule has 2 N–H and O–H groups in total. The summed E-state index contributed by atoms with van der Waals surface area (Å²) in [4.78, 5) is 26.4. The van der Waals surface area contributed by atoms with Gasteiger partial charge in [0.05, 0.1) is 7.11 Å². The van der Waals surface area contributed by atoms with Crippen LogP contribution in [0.3, 0.4) is 0 Å². The van der Waals surface area contributed by atoms with Crippen molar-refractivity contribution in [3.8, 4) is 0 Å². The number of nitrogens with one attached hydrogen (secondary N) is 2. The number of nitrogens with zero attached hydrogens (tertiary/aromatic N) is 1. The fraction of sp³-hybridized carbons (Fsp3) is 0.364. The molecule has 1 heterocycles. The number of pyridine rings is 1. The van der Waals surface area contributed by atoms with Gasteiger partial charge in [-0.05, 0) is 12.1 Å². The lowest BCUT2D eigenvalue weighted by Gasteiger charge is -2.08. The topological polar surface area (TPSA) is 80.3 Å². The maximum Gasteiger partial charge on any atom is 0.341 e. The van der Waals surface area contributed by atoms with E-state index in [1.807, 2.05) is 0 Å². The van der Waals surface area contributed by atoms with E-state index in [0.717, 1.165) is 0 Å². The second-order valence-electron chi connectivity index (χ2n) is 3.24. The average Bonchev–Trinajstić information content (AvgIpc) is 2.38. The molecular formula is C11H15N3O3. The van der Waals surface area contributed by atoms with Crippen molar-refractivity contribution in [3.05, 3.63) is 23.9 Å². The molecule has 0 unspecified atom stereocenters. The highest BCUT2D eigenvalue weighted by Crippen LogP contribution is 2.12. The van der Waals surface area contributed by atoms with Crippen molar-refractivity contribution >= 4 is 17.7 Å². The molecule has 0 spiro atoms. The Morgan fingerprint density at radius 3 is 2.88 bits per heavy atom. The minimum absolute atomic E-state index is 0.0759. The highest BCUT2D eigenvalue weighted by molar-refractivity contribution is 5.94. The summed E-state index contributed by atoms with van der Waals surface area (Å²) in [6.45, 7) is 0.403. The number of ether oxygens (including phenoxy) is 1. The fourth-order valence-corrected chi connectivity index (χ4v) is 1.24. The molecule has 0 radical (unpaired) electrons. The van der Waals surface area contributed by atoms with Crippen molar-refractivity contribution in [2.24, 2.45) is 0 Å². The van der Waals surface area contributed by atoms with Gasteiger partial charge in [0.25, 0.3) is 0 Å². The van der Waals surface area contributed by atoms with Gasteiger partial charge in [0, 0.05) is 26.2 Å². The molecule has 0 aliphatic rings. The van der Waals surface area contributed by atoms with Crippen LogP contribution in [0.1, 0.15) is 16.8 Å². The highest BCUT2D eigenvalue weighted by atomic mass is 16.5. The molecule has 1 amide bonds. The molecule has 0 fully saturated rings. The van der Waals surface area contributed by atoms with Crippen molar-refractivity contribution in [1.82, 2.24) is 10.3 Å². The number of rotatable bonds is 5. The number of esters is 1. The summed E-state index contributed by atoms with van der Waals surface area (Å²) in [6.07, 6.45) is 1.88. The van der Waals surface area contributed by atoms with Crippen LogP contribution in [0.2, 0.25) is 0 Å². The smallest absolute Gasteiger partial charge is 0.341 e. The van der Waals surface area contributed by atoms with Gasteiger partial charge in [-0.15, -0.1) is 0 Å². The number of carbonyl (C=O) groups is 2. The summed E-state index contributed by atoms with van der Waals surface area (Å²) in [6, 6.07) is 3.26. The van der Waals surface area contributed by atoms with Gasteiger partial charge in [-0.25, -0.2) is 9.78 Å². The van der Waals surface area contributed by atoms with Crippen molar-refractivity contribution < 1.29 is 14.3 Å². The Bertz CT molecular complexity index is 407. The van der Waals surface area contributed by atoms with E-state index in [1.165, 1.54) is 7.11 Å². The third-order valence-electron chi connectivity index (χ3n) is 2.14. The van der Waals surface area contributed by atoms with E-state index < -0.39 is 5.97 Å². The van der Waals surface area contributed by atoms with Gasteiger partial charge in [0.1, 0.15) is 11.4 Å². The predicted octanol–water partition coefficient (Wildman–Crippen LogP) is 0.416. The van der Waals surface area contributed by atoms with Crippen LogP contribution in [0.4, 0.5) is 5.82 Å². The van der Waals surface area contributed by atoms with E-state index in [4.69, 9.17) is 0 Å². The molecular weight excluding hydrogens is 222 g/mol. The summed E-state index contributed by atoms with van der Waals surface area (Å²) >= 11 is 0. The zero-order valence-corrected chi connectivity index (χ0v) is 9.82. The van der Waals surface area contributed by atoms with Crippen LogP contribution < -0.4 is 10.6 Å². The van der Waals surface area contributed by atoms with Crippen LogP contribution in [0, 0.1) is 0 Å². The number of hydrogen-bond donors (Lipinski definition) is 2. The van der Waals surface area contributed by atoms with Gasteiger partial charge >= 0.3 is 5.97 Å². The van der Waals surface area contributed by atoms with E-state index in [2.05, 4.69) is 20.4 Å². The molecule has 0 bridgehead atoms. The molecule has 6 nitrogen and oxygen atoms in total. The predicted molar refractivity (Wildman–Crippen MR) is 62.7 cm³/mol. The first kappa shape index (κ1) is 13.0. The van der Waals surface area contributed by atoms with E-state index in [-0.39, 0.29) is 5.91 Å². The summed E-state index contributed by atoms with van der Waals surface area (Å²) in [5, 5.41) is 5.43. The highest BCUT2D eigenvalue weighted by Gasteiger charge is 2.11. The Balaban J connectivity index is 2.64. The Kier molecular flexibility index (Phi) is 4.93. The van der Waals surface area contributed by atoms with Crippen LogP contribution >= 0.6 is 0 Å². The largest absolute Gasteiger partial charge is 0.465 e. The summed E-state index contributed by atoms with van der Waals surface area (Å²) in [7, 11) is 2.88. The van der Waals surface area contributed by atoms with E-state index >= 15 is 0 Å². The van der Waals surface area contributed by atoms with Gasteiger partial charge < -0.3 is 15.4 Å². The van der Waals surface area contributed by atoms with Gasteiger partial charge in [-0.3, -0.25) is 4.79 Å².